The molecule has 3 rings (SSSR count). The summed E-state index contributed by atoms with van der Waals surface area (Å²) in [6, 6.07) is -0.0764. The van der Waals surface area contributed by atoms with Crippen molar-refractivity contribution in [2.45, 2.75) is 32.9 Å². The van der Waals surface area contributed by atoms with Gasteiger partial charge >= 0.3 is 0 Å². The quantitative estimate of drug-likeness (QED) is 0.657. The maximum atomic E-state index is 5.16. The maximum absolute atomic E-state index is 5.16. The number of fused-ring (bicyclic) bond motifs is 1. The van der Waals surface area contributed by atoms with E-state index in [9.17, 15) is 0 Å². The van der Waals surface area contributed by atoms with Crippen LogP contribution >= 0.6 is 0 Å². The second-order valence-electron chi connectivity index (χ2n) is 5.27. The Labute approximate surface area is 133 Å². The van der Waals surface area contributed by atoms with Crippen molar-refractivity contribution in [3.8, 4) is 0 Å². The van der Waals surface area contributed by atoms with Crippen LogP contribution in [0.25, 0.3) is 11.1 Å². The first kappa shape index (κ1) is 15.3. The Morgan fingerprint density at radius 1 is 1.39 bits per heavy atom. The second-order valence-corrected chi connectivity index (χ2v) is 5.27. The molecule has 0 aromatic carbocycles. The van der Waals surface area contributed by atoms with E-state index in [1.165, 1.54) is 6.33 Å². The first-order chi connectivity index (χ1) is 11.2. The molecule has 9 heteroatoms. The van der Waals surface area contributed by atoms with Gasteiger partial charge in [-0.2, -0.15) is 4.98 Å². The first-order valence-electron chi connectivity index (χ1n) is 7.41. The zero-order valence-corrected chi connectivity index (χ0v) is 13.4. The summed E-state index contributed by atoms with van der Waals surface area (Å²) in [4.78, 5) is 8.37. The molecule has 3 aromatic heterocycles. The first-order valence-corrected chi connectivity index (χ1v) is 7.41. The fraction of sp³-hybridized carbons (Fsp3) is 0.500. The molecule has 0 saturated heterocycles. The minimum atomic E-state index is -0.0764. The zero-order chi connectivity index (χ0) is 16.2. The van der Waals surface area contributed by atoms with Gasteiger partial charge in [-0.3, -0.25) is 0 Å². The number of nitrogens with zero attached hydrogens (tertiary/aromatic N) is 6. The molecular weight excluding hydrogens is 298 g/mol. The van der Waals surface area contributed by atoms with Gasteiger partial charge in [-0.25, -0.2) is 4.98 Å². The molecule has 0 saturated carbocycles. The van der Waals surface area contributed by atoms with Crippen molar-refractivity contribution >= 4 is 16.9 Å². The van der Waals surface area contributed by atoms with Gasteiger partial charge in [0.1, 0.15) is 23.9 Å². The van der Waals surface area contributed by atoms with Gasteiger partial charge in [0.25, 0.3) is 5.71 Å². The summed E-state index contributed by atoms with van der Waals surface area (Å²) >= 11 is 0. The highest BCUT2D eigenvalue weighted by Crippen LogP contribution is 2.25. The van der Waals surface area contributed by atoms with Gasteiger partial charge in [0.05, 0.1) is 11.7 Å². The molecule has 0 aliphatic rings. The van der Waals surface area contributed by atoms with Gasteiger partial charge in [-0.1, -0.05) is 5.16 Å². The number of methoxy groups -OCH3 is 1. The SMILES string of the molecule is COCCCn1cnnc1[C@H](C)Nc1ncnc2onc(C)c12. The molecule has 0 amide bonds. The number of hydrogen-bond acceptors (Lipinski definition) is 8. The van der Waals surface area contributed by atoms with Crippen LogP contribution in [0.15, 0.2) is 17.2 Å². The normalized spacial score (nSPS) is 12.7. The van der Waals surface area contributed by atoms with Crippen molar-refractivity contribution < 1.29 is 9.26 Å². The molecule has 0 aliphatic carbocycles. The number of aromatic nitrogens is 6. The third kappa shape index (κ3) is 3.14. The minimum absolute atomic E-state index is 0.0764. The van der Waals surface area contributed by atoms with Crippen molar-refractivity contribution in [1.82, 2.24) is 29.9 Å². The molecule has 23 heavy (non-hydrogen) atoms. The van der Waals surface area contributed by atoms with Crippen LogP contribution in [0.4, 0.5) is 5.82 Å². The van der Waals surface area contributed by atoms with Crippen LogP contribution in [0.1, 0.15) is 30.9 Å². The van der Waals surface area contributed by atoms with E-state index in [4.69, 9.17) is 9.26 Å². The number of hydrogen-bond donors (Lipinski definition) is 1. The summed E-state index contributed by atoms with van der Waals surface area (Å²) < 4.78 is 12.3. The maximum Gasteiger partial charge on any atom is 0.263 e. The second kappa shape index (κ2) is 6.69. The van der Waals surface area contributed by atoms with Crippen LogP contribution in [0.5, 0.6) is 0 Å². The smallest absolute Gasteiger partial charge is 0.263 e. The molecule has 1 N–H and O–H groups in total. The fourth-order valence-electron chi connectivity index (χ4n) is 2.45. The highest BCUT2D eigenvalue weighted by molar-refractivity contribution is 5.87. The zero-order valence-electron chi connectivity index (χ0n) is 13.4. The van der Waals surface area contributed by atoms with Crippen LogP contribution in [-0.4, -0.2) is 43.6 Å². The van der Waals surface area contributed by atoms with E-state index < -0.39 is 0 Å². The van der Waals surface area contributed by atoms with Crippen molar-refractivity contribution in [3.63, 3.8) is 0 Å². The molecule has 0 fully saturated rings. The van der Waals surface area contributed by atoms with E-state index in [1.807, 2.05) is 18.4 Å². The Bertz CT molecular complexity index is 782. The van der Waals surface area contributed by atoms with E-state index >= 15 is 0 Å². The molecule has 0 bridgehead atoms. The standard InChI is InChI=1S/C14H19N7O2/c1-9-11-12(15-7-16-14(11)23-20-9)18-10(2)13-19-17-8-21(13)5-4-6-22-3/h7-8,10H,4-6H2,1-3H3,(H,15,16,18)/t10-/m0/s1. The van der Waals surface area contributed by atoms with Gasteiger partial charge < -0.3 is 19.1 Å². The number of ether oxygens (including phenoxy) is 1. The predicted molar refractivity (Wildman–Crippen MR) is 82.9 cm³/mol. The summed E-state index contributed by atoms with van der Waals surface area (Å²) in [6.45, 7) is 5.37. The van der Waals surface area contributed by atoms with Crippen LogP contribution in [0.2, 0.25) is 0 Å². The van der Waals surface area contributed by atoms with E-state index in [1.54, 1.807) is 13.4 Å². The molecule has 0 radical (unpaired) electrons. The monoisotopic (exact) mass is 317 g/mol. The van der Waals surface area contributed by atoms with E-state index in [0.29, 0.717) is 18.1 Å². The Morgan fingerprint density at radius 3 is 3.09 bits per heavy atom. The largest absolute Gasteiger partial charge is 0.385 e. The van der Waals surface area contributed by atoms with Crippen molar-refractivity contribution in [2.75, 3.05) is 19.0 Å². The predicted octanol–water partition coefficient (Wildman–Crippen LogP) is 1.73. The molecule has 3 aromatic rings. The van der Waals surface area contributed by atoms with Gasteiger partial charge in [-0.15, -0.1) is 10.2 Å². The lowest BCUT2D eigenvalue weighted by atomic mass is 10.2. The molecule has 0 unspecified atom stereocenters. The molecule has 9 nitrogen and oxygen atoms in total. The van der Waals surface area contributed by atoms with E-state index in [0.717, 1.165) is 29.9 Å². The number of anilines is 1. The number of rotatable bonds is 7. The Kier molecular flexibility index (Phi) is 4.47. The lowest BCUT2D eigenvalue weighted by molar-refractivity contribution is 0.190. The Hall–Kier alpha value is -2.55. The fourth-order valence-corrected chi connectivity index (χ4v) is 2.45. The van der Waals surface area contributed by atoms with Gasteiger partial charge in [0, 0.05) is 20.3 Å². The summed E-state index contributed by atoms with van der Waals surface area (Å²) in [5.74, 6) is 1.51. The van der Waals surface area contributed by atoms with Gasteiger partial charge in [0.2, 0.25) is 0 Å². The van der Waals surface area contributed by atoms with Crippen LogP contribution < -0.4 is 5.32 Å². The molecule has 122 valence electrons. The van der Waals surface area contributed by atoms with Crippen molar-refractivity contribution in [1.29, 1.82) is 0 Å². The van der Waals surface area contributed by atoms with Gasteiger partial charge in [-0.05, 0) is 20.3 Å². The van der Waals surface area contributed by atoms with Crippen molar-refractivity contribution in [3.05, 3.63) is 24.2 Å². The third-order valence-electron chi connectivity index (χ3n) is 3.58. The van der Waals surface area contributed by atoms with Crippen molar-refractivity contribution in [2.24, 2.45) is 0 Å². The van der Waals surface area contributed by atoms with E-state index in [-0.39, 0.29) is 6.04 Å². The summed E-state index contributed by atoms with van der Waals surface area (Å²) in [7, 11) is 1.69. The minimum Gasteiger partial charge on any atom is -0.385 e. The highest BCUT2D eigenvalue weighted by Gasteiger charge is 2.17. The average Bonchev–Trinajstić information content (AvgIpc) is 3.15. The summed E-state index contributed by atoms with van der Waals surface area (Å²) in [6.07, 6.45) is 4.07. The molecule has 3 heterocycles. The average molecular weight is 317 g/mol. The highest BCUT2D eigenvalue weighted by atomic mass is 16.5. The molecule has 0 spiro atoms. The molecule has 1 atom stereocenters. The van der Waals surface area contributed by atoms with Crippen LogP contribution in [0, 0.1) is 6.92 Å². The Balaban J connectivity index is 1.80. The molecule has 0 aliphatic heterocycles. The topological polar surface area (TPSA) is 104 Å². The van der Waals surface area contributed by atoms with Crippen LogP contribution in [-0.2, 0) is 11.3 Å². The third-order valence-corrected chi connectivity index (χ3v) is 3.58. The number of aryl methyl sites for hydroxylation is 2. The summed E-state index contributed by atoms with van der Waals surface area (Å²) in [5, 5.41) is 16.3. The molecular formula is C14H19N7O2. The van der Waals surface area contributed by atoms with E-state index in [2.05, 4.69) is 30.6 Å². The lowest BCUT2D eigenvalue weighted by Crippen LogP contribution is -2.15. The summed E-state index contributed by atoms with van der Waals surface area (Å²) in [5.41, 5.74) is 1.21. The van der Waals surface area contributed by atoms with Gasteiger partial charge in [0.15, 0.2) is 5.82 Å². The lowest BCUT2D eigenvalue weighted by Gasteiger charge is -2.15. The Morgan fingerprint density at radius 2 is 2.26 bits per heavy atom. The number of nitrogens with one attached hydrogen (secondary N) is 1. The van der Waals surface area contributed by atoms with Crippen LogP contribution in [0.3, 0.4) is 0 Å².